The van der Waals surface area contributed by atoms with Crippen molar-refractivity contribution in [3.63, 3.8) is 0 Å². The van der Waals surface area contributed by atoms with E-state index < -0.39 is 0 Å². The minimum atomic E-state index is -0.166. The molecule has 2 atom stereocenters. The fourth-order valence-electron chi connectivity index (χ4n) is 3.02. The molecular formula is C17H25N3O3. The number of nitrogens with two attached hydrogens (primary N) is 1. The quantitative estimate of drug-likeness (QED) is 0.777. The Bertz CT molecular complexity index is 574. The normalized spacial score (nSPS) is 20.7. The Kier molecular flexibility index (Phi) is 5.98. The molecule has 0 spiro atoms. The molecule has 1 aromatic rings. The summed E-state index contributed by atoms with van der Waals surface area (Å²) in [7, 11) is 1.54. The number of ether oxygens (including phenoxy) is 1. The molecule has 0 saturated heterocycles. The molecule has 1 aromatic carbocycles. The fourth-order valence-corrected chi connectivity index (χ4v) is 3.02. The highest BCUT2D eigenvalue weighted by molar-refractivity contribution is 5.95. The molecule has 1 aliphatic rings. The molecule has 1 aliphatic carbocycles. The van der Waals surface area contributed by atoms with Crippen LogP contribution in [0.4, 0.5) is 11.4 Å². The highest BCUT2D eigenvalue weighted by Crippen LogP contribution is 2.30. The lowest BCUT2D eigenvalue weighted by Gasteiger charge is -2.28. The molecule has 1 fully saturated rings. The van der Waals surface area contributed by atoms with Crippen LogP contribution in [0.2, 0.25) is 0 Å². The average molecular weight is 319 g/mol. The van der Waals surface area contributed by atoms with Gasteiger partial charge in [0, 0.05) is 25.1 Å². The lowest BCUT2D eigenvalue weighted by atomic mass is 9.83. The molecule has 6 nitrogen and oxygen atoms in total. The smallest absolute Gasteiger partial charge is 0.224 e. The molecule has 0 aliphatic heterocycles. The number of carbonyl (C=O) groups is 2. The summed E-state index contributed by atoms with van der Waals surface area (Å²) in [5.41, 5.74) is 7.27. The predicted octanol–water partition coefficient (Wildman–Crippen LogP) is 2.50. The van der Waals surface area contributed by atoms with Gasteiger partial charge in [-0.25, -0.2) is 0 Å². The first kappa shape index (κ1) is 17.3. The van der Waals surface area contributed by atoms with Gasteiger partial charge in [-0.1, -0.05) is 12.8 Å². The number of carbonyl (C=O) groups excluding carboxylic acids is 2. The first-order chi connectivity index (χ1) is 11.0. The van der Waals surface area contributed by atoms with Crippen LogP contribution >= 0.6 is 0 Å². The zero-order valence-corrected chi connectivity index (χ0v) is 13.7. The van der Waals surface area contributed by atoms with Crippen LogP contribution in [0.1, 0.15) is 39.0 Å². The summed E-state index contributed by atoms with van der Waals surface area (Å²) in [6.45, 7) is 1.44. The Morgan fingerprint density at radius 2 is 2.00 bits per heavy atom. The number of hydrogen-bond acceptors (Lipinski definition) is 4. The molecule has 126 valence electrons. The molecule has 1 saturated carbocycles. The third kappa shape index (κ3) is 4.96. The Hall–Kier alpha value is -2.08. The van der Waals surface area contributed by atoms with Crippen molar-refractivity contribution in [1.29, 1.82) is 0 Å². The second-order valence-corrected chi connectivity index (χ2v) is 6.06. The van der Waals surface area contributed by atoms with Crippen LogP contribution in [0.25, 0.3) is 0 Å². The van der Waals surface area contributed by atoms with E-state index in [1.165, 1.54) is 6.92 Å². The second-order valence-electron chi connectivity index (χ2n) is 6.06. The second kappa shape index (κ2) is 7.97. The van der Waals surface area contributed by atoms with E-state index in [1.807, 2.05) is 0 Å². The van der Waals surface area contributed by atoms with Crippen molar-refractivity contribution in [1.82, 2.24) is 0 Å². The lowest BCUT2D eigenvalue weighted by molar-refractivity contribution is -0.117. The van der Waals surface area contributed by atoms with Crippen molar-refractivity contribution in [3.05, 3.63) is 18.2 Å². The van der Waals surface area contributed by atoms with Crippen molar-refractivity contribution in [2.75, 3.05) is 17.7 Å². The van der Waals surface area contributed by atoms with Crippen LogP contribution in [0.3, 0.4) is 0 Å². The summed E-state index contributed by atoms with van der Waals surface area (Å²) in [5.74, 6) is 0.542. The molecule has 23 heavy (non-hydrogen) atoms. The summed E-state index contributed by atoms with van der Waals surface area (Å²) in [6, 6.07) is 5.24. The Morgan fingerprint density at radius 1 is 1.26 bits per heavy atom. The molecule has 0 aromatic heterocycles. The predicted molar refractivity (Wildman–Crippen MR) is 90.5 cm³/mol. The first-order valence-electron chi connectivity index (χ1n) is 8.00. The van der Waals surface area contributed by atoms with E-state index in [0.717, 1.165) is 25.7 Å². The van der Waals surface area contributed by atoms with E-state index in [1.54, 1.807) is 25.3 Å². The number of anilines is 2. The zero-order valence-electron chi connectivity index (χ0n) is 13.7. The van der Waals surface area contributed by atoms with Gasteiger partial charge in [0.25, 0.3) is 0 Å². The van der Waals surface area contributed by atoms with Gasteiger partial charge in [-0.2, -0.15) is 0 Å². The van der Waals surface area contributed by atoms with Crippen LogP contribution < -0.4 is 21.1 Å². The molecule has 2 rings (SSSR count). The number of hydrogen-bond donors (Lipinski definition) is 3. The minimum Gasteiger partial charge on any atom is -0.495 e. The van der Waals surface area contributed by atoms with E-state index in [4.69, 9.17) is 10.5 Å². The molecule has 0 radical (unpaired) electrons. The number of rotatable bonds is 5. The molecular weight excluding hydrogens is 294 g/mol. The van der Waals surface area contributed by atoms with Crippen LogP contribution in [0.15, 0.2) is 18.2 Å². The van der Waals surface area contributed by atoms with Crippen molar-refractivity contribution >= 4 is 23.2 Å². The van der Waals surface area contributed by atoms with E-state index >= 15 is 0 Å². The van der Waals surface area contributed by atoms with Gasteiger partial charge < -0.3 is 21.1 Å². The van der Waals surface area contributed by atoms with E-state index in [2.05, 4.69) is 10.6 Å². The summed E-state index contributed by atoms with van der Waals surface area (Å²) in [6.07, 6.45) is 4.67. The highest BCUT2D eigenvalue weighted by atomic mass is 16.5. The maximum Gasteiger partial charge on any atom is 0.224 e. The topological polar surface area (TPSA) is 93.5 Å². The van der Waals surface area contributed by atoms with Gasteiger partial charge >= 0.3 is 0 Å². The largest absolute Gasteiger partial charge is 0.495 e. The summed E-state index contributed by atoms with van der Waals surface area (Å²) in [4.78, 5) is 23.5. The molecule has 2 amide bonds. The molecule has 2 unspecified atom stereocenters. The Balaban J connectivity index is 2.04. The summed E-state index contributed by atoms with van der Waals surface area (Å²) < 4.78 is 5.27. The SMILES string of the molecule is COc1ccc(NC(C)=O)cc1NC(=O)CC1CCCCC1N. The Labute approximate surface area is 136 Å². The summed E-state index contributed by atoms with van der Waals surface area (Å²) in [5, 5.41) is 5.56. The van der Waals surface area contributed by atoms with Gasteiger partial charge in [0.1, 0.15) is 5.75 Å². The number of nitrogens with one attached hydrogen (secondary N) is 2. The van der Waals surface area contributed by atoms with Gasteiger partial charge in [-0.05, 0) is 37.0 Å². The minimum absolute atomic E-state index is 0.0781. The van der Waals surface area contributed by atoms with E-state index in [9.17, 15) is 9.59 Å². The van der Waals surface area contributed by atoms with Gasteiger partial charge in [-0.3, -0.25) is 9.59 Å². The van der Waals surface area contributed by atoms with Gasteiger partial charge in [0.05, 0.1) is 12.8 Å². The highest BCUT2D eigenvalue weighted by Gasteiger charge is 2.24. The standard InChI is InChI=1S/C17H25N3O3/c1-11(21)19-13-7-8-16(23-2)15(10-13)20-17(22)9-12-5-3-4-6-14(12)18/h7-8,10,12,14H,3-6,9,18H2,1-2H3,(H,19,21)(H,20,22). The van der Waals surface area contributed by atoms with Crippen molar-refractivity contribution in [2.45, 2.75) is 45.1 Å². The third-order valence-electron chi connectivity index (χ3n) is 4.21. The first-order valence-corrected chi connectivity index (χ1v) is 8.00. The van der Waals surface area contributed by atoms with Crippen molar-refractivity contribution < 1.29 is 14.3 Å². The summed E-state index contributed by atoms with van der Waals surface area (Å²) >= 11 is 0. The molecule has 0 heterocycles. The van der Waals surface area contributed by atoms with Gasteiger partial charge in [-0.15, -0.1) is 0 Å². The number of amides is 2. The van der Waals surface area contributed by atoms with Crippen LogP contribution in [0, 0.1) is 5.92 Å². The number of benzene rings is 1. The maximum absolute atomic E-state index is 12.3. The molecule has 4 N–H and O–H groups in total. The fraction of sp³-hybridized carbons (Fsp3) is 0.529. The van der Waals surface area contributed by atoms with Crippen molar-refractivity contribution in [3.8, 4) is 5.75 Å². The van der Waals surface area contributed by atoms with Gasteiger partial charge in [0.2, 0.25) is 11.8 Å². The lowest BCUT2D eigenvalue weighted by Crippen LogP contribution is -2.35. The monoisotopic (exact) mass is 319 g/mol. The number of methoxy groups -OCH3 is 1. The molecule has 6 heteroatoms. The Morgan fingerprint density at radius 3 is 2.65 bits per heavy atom. The van der Waals surface area contributed by atoms with Gasteiger partial charge in [0.15, 0.2) is 0 Å². The van der Waals surface area contributed by atoms with E-state index in [-0.39, 0.29) is 23.8 Å². The molecule has 0 bridgehead atoms. The van der Waals surface area contributed by atoms with Crippen LogP contribution in [-0.2, 0) is 9.59 Å². The van der Waals surface area contributed by atoms with Crippen LogP contribution in [0.5, 0.6) is 5.75 Å². The third-order valence-corrected chi connectivity index (χ3v) is 4.21. The zero-order chi connectivity index (χ0) is 16.8. The van der Waals surface area contributed by atoms with E-state index in [0.29, 0.717) is 23.5 Å². The van der Waals surface area contributed by atoms with Crippen molar-refractivity contribution in [2.24, 2.45) is 11.7 Å². The van der Waals surface area contributed by atoms with Crippen LogP contribution in [-0.4, -0.2) is 25.0 Å². The maximum atomic E-state index is 12.3. The average Bonchev–Trinajstić information content (AvgIpc) is 2.49.